The fourth-order valence-corrected chi connectivity index (χ4v) is 3.03. The highest BCUT2D eigenvalue weighted by Gasteiger charge is 2.18. The van der Waals surface area contributed by atoms with Crippen LogP contribution in [0, 0.1) is 0 Å². The molecule has 2 aromatic carbocycles. The number of anilines is 2. The normalized spacial score (nSPS) is 11.4. The lowest BCUT2D eigenvalue weighted by molar-refractivity contribution is 0.477. The standard InChI is InChI=1S/C16H20N2O3S/c1-2-11-18(22(19,20)21)16-9-5-14(6-10-16)12-13-3-7-15(17)8-4-13/h3-10H,2,11-12,17H2,1H3,(H,19,20,21). The molecular formula is C16H20N2O3S. The zero-order chi connectivity index (χ0) is 16.2. The van der Waals surface area contributed by atoms with Crippen molar-refractivity contribution in [3.63, 3.8) is 0 Å². The highest BCUT2D eigenvalue weighted by molar-refractivity contribution is 7.87. The molecule has 3 N–H and O–H groups in total. The summed E-state index contributed by atoms with van der Waals surface area (Å²) in [5, 5.41) is 0. The van der Waals surface area contributed by atoms with E-state index in [1.165, 1.54) is 0 Å². The largest absolute Gasteiger partial charge is 0.399 e. The molecule has 0 saturated heterocycles. The van der Waals surface area contributed by atoms with E-state index >= 15 is 0 Å². The van der Waals surface area contributed by atoms with Gasteiger partial charge in [-0.25, -0.2) is 4.31 Å². The second-order valence-corrected chi connectivity index (χ2v) is 6.47. The van der Waals surface area contributed by atoms with Crippen LogP contribution in [0.3, 0.4) is 0 Å². The molecule has 0 aliphatic rings. The van der Waals surface area contributed by atoms with Gasteiger partial charge in [-0.05, 0) is 48.2 Å². The molecule has 22 heavy (non-hydrogen) atoms. The summed E-state index contributed by atoms with van der Waals surface area (Å²) in [7, 11) is -4.24. The Kier molecular flexibility index (Phi) is 5.05. The molecule has 0 amide bonds. The molecule has 0 aliphatic heterocycles. The summed E-state index contributed by atoms with van der Waals surface area (Å²) >= 11 is 0. The van der Waals surface area contributed by atoms with Crippen molar-refractivity contribution in [2.75, 3.05) is 16.6 Å². The maximum absolute atomic E-state index is 11.4. The van der Waals surface area contributed by atoms with Crippen molar-refractivity contribution in [1.29, 1.82) is 0 Å². The Morgan fingerprint density at radius 3 is 1.95 bits per heavy atom. The number of nitrogen functional groups attached to an aromatic ring is 1. The molecule has 0 saturated carbocycles. The predicted molar refractivity (Wildman–Crippen MR) is 89.3 cm³/mol. The van der Waals surface area contributed by atoms with Gasteiger partial charge in [0.1, 0.15) is 0 Å². The van der Waals surface area contributed by atoms with E-state index in [1.54, 1.807) is 12.1 Å². The molecule has 0 fully saturated rings. The predicted octanol–water partition coefficient (Wildman–Crippen LogP) is 2.88. The monoisotopic (exact) mass is 320 g/mol. The third kappa shape index (κ3) is 4.22. The van der Waals surface area contributed by atoms with E-state index in [2.05, 4.69) is 0 Å². The number of hydrogen-bond donors (Lipinski definition) is 2. The average molecular weight is 320 g/mol. The first-order valence-electron chi connectivity index (χ1n) is 7.08. The van der Waals surface area contributed by atoms with Crippen molar-refractivity contribution in [2.45, 2.75) is 19.8 Å². The average Bonchev–Trinajstić information content (AvgIpc) is 2.47. The van der Waals surface area contributed by atoms with Gasteiger partial charge in [0.05, 0.1) is 5.69 Å². The first-order valence-corrected chi connectivity index (χ1v) is 8.48. The molecule has 0 spiro atoms. The maximum Gasteiger partial charge on any atom is 0.359 e. The molecule has 0 bridgehead atoms. The zero-order valence-electron chi connectivity index (χ0n) is 12.4. The van der Waals surface area contributed by atoms with Crippen LogP contribution in [-0.2, 0) is 16.7 Å². The van der Waals surface area contributed by atoms with E-state index in [0.717, 1.165) is 27.5 Å². The van der Waals surface area contributed by atoms with Crippen molar-refractivity contribution < 1.29 is 13.0 Å². The summed E-state index contributed by atoms with van der Waals surface area (Å²) in [5.74, 6) is 0. The maximum atomic E-state index is 11.4. The second kappa shape index (κ2) is 6.81. The Morgan fingerprint density at radius 2 is 1.50 bits per heavy atom. The molecule has 0 radical (unpaired) electrons. The number of hydrogen-bond acceptors (Lipinski definition) is 3. The topological polar surface area (TPSA) is 83.6 Å². The fourth-order valence-electron chi connectivity index (χ4n) is 2.23. The molecule has 5 nitrogen and oxygen atoms in total. The minimum atomic E-state index is -4.24. The van der Waals surface area contributed by atoms with Crippen LogP contribution in [-0.4, -0.2) is 19.5 Å². The van der Waals surface area contributed by atoms with Gasteiger partial charge in [-0.2, -0.15) is 8.42 Å². The SMILES string of the molecule is CCCN(c1ccc(Cc2ccc(N)cc2)cc1)S(=O)(=O)O. The van der Waals surface area contributed by atoms with Crippen LogP contribution in [0.1, 0.15) is 24.5 Å². The van der Waals surface area contributed by atoms with E-state index in [9.17, 15) is 13.0 Å². The second-order valence-electron chi connectivity index (χ2n) is 5.13. The van der Waals surface area contributed by atoms with E-state index in [0.29, 0.717) is 12.1 Å². The van der Waals surface area contributed by atoms with E-state index in [1.807, 2.05) is 43.3 Å². The third-order valence-electron chi connectivity index (χ3n) is 3.32. The van der Waals surface area contributed by atoms with Crippen molar-refractivity contribution in [3.05, 3.63) is 59.7 Å². The van der Waals surface area contributed by atoms with Crippen molar-refractivity contribution in [1.82, 2.24) is 0 Å². The zero-order valence-corrected chi connectivity index (χ0v) is 13.3. The van der Waals surface area contributed by atoms with Crippen LogP contribution < -0.4 is 10.0 Å². The third-order valence-corrected chi connectivity index (χ3v) is 4.27. The van der Waals surface area contributed by atoms with Crippen LogP contribution in [0.2, 0.25) is 0 Å². The molecule has 0 aliphatic carbocycles. The summed E-state index contributed by atoms with van der Waals surface area (Å²) < 4.78 is 33.1. The lowest BCUT2D eigenvalue weighted by Crippen LogP contribution is -2.30. The minimum absolute atomic E-state index is 0.246. The number of nitrogens with zero attached hydrogens (tertiary/aromatic N) is 1. The summed E-state index contributed by atoms with van der Waals surface area (Å²) in [6.07, 6.45) is 1.35. The first kappa shape index (κ1) is 16.3. The molecule has 0 heterocycles. The lowest BCUT2D eigenvalue weighted by atomic mass is 10.0. The van der Waals surface area contributed by atoms with Gasteiger partial charge in [-0.15, -0.1) is 0 Å². The molecular weight excluding hydrogens is 300 g/mol. The van der Waals surface area contributed by atoms with Crippen LogP contribution >= 0.6 is 0 Å². The Morgan fingerprint density at radius 1 is 1.00 bits per heavy atom. The van der Waals surface area contributed by atoms with Gasteiger partial charge in [0.25, 0.3) is 0 Å². The quantitative estimate of drug-likeness (QED) is 0.633. The van der Waals surface area contributed by atoms with Crippen molar-refractivity contribution in [2.24, 2.45) is 0 Å². The number of rotatable bonds is 6. The highest BCUT2D eigenvalue weighted by Crippen LogP contribution is 2.20. The minimum Gasteiger partial charge on any atom is -0.399 e. The summed E-state index contributed by atoms with van der Waals surface area (Å²) in [6, 6.07) is 14.8. The van der Waals surface area contributed by atoms with E-state index in [-0.39, 0.29) is 6.54 Å². The molecule has 2 aromatic rings. The van der Waals surface area contributed by atoms with Crippen LogP contribution in [0.4, 0.5) is 11.4 Å². The molecule has 118 valence electrons. The summed E-state index contributed by atoms with van der Waals surface area (Å²) in [4.78, 5) is 0. The van der Waals surface area contributed by atoms with Gasteiger partial charge in [-0.3, -0.25) is 4.55 Å². The van der Waals surface area contributed by atoms with Gasteiger partial charge in [0, 0.05) is 12.2 Å². The summed E-state index contributed by atoms with van der Waals surface area (Å²) in [6.45, 7) is 2.10. The Labute approximate surface area is 131 Å². The van der Waals surface area contributed by atoms with Crippen molar-refractivity contribution in [3.8, 4) is 0 Å². The van der Waals surface area contributed by atoms with E-state index in [4.69, 9.17) is 5.73 Å². The fraction of sp³-hybridized carbons (Fsp3) is 0.250. The van der Waals surface area contributed by atoms with Gasteiger partial charge >= 0.3 is 10.3 Å². The van der Waals surface area contributed by atoms with Crippen LogP contribution in [0.5, 0.6) is 0 Å². The van der Waals surface area contributed by atoms with Crippen molar-refractivity contribution >= 4 is 21.7 Å². The van der Waals surface area contributed by atoms with Gasteiger partial charge in [-0.1, -0.05) is 31.2 Å². The molecule has 6 heteroatoms. The lowest BCUT2D eigenvalue weighted by Gasteiger charge is -2.20. The molecule has 0 atom stereocenters. The first-order chi connectivity index (χ1) is 10.4. The van der Waals surface area contributed by atoms with Crippen LogP contribution in [0.15, 0.2) is 48.5 Å². The molecule has 2 rings (SSSR count). The Bertz CT molecular complexity index is 710. The van der Waals surface area contributed by atoms with Gasteiger partial charge < -0.3 is 5.73 Å². The number of benzene rings is 2. The molecule has 0 aromatic heterocycles. The van der Waals surface area contributed by atoms with Gasteiger partial charge in [0.15, 0.2) is 0 Å². The Balaban J connectivity index is 2.17. The smallest absolute Gasteiger partial charge is 0.359 e. The van der Waals surface area contributed by atoms with E-state index < -0.39 is 10.3 Å². The number of nitrogens with two attached hydrogens (primary N) is 1. The van der Waals surface area contributed by atoms with Gasteiger partial charge in [0.2, 0.25) is 0 Å². The highest BCUT2D eigenvalue weighted by atomic mass is 32.2. The molecule has 0 unspecified atom stereocenters. The Hall–Kier alpha value is -2.05. The summed E-state index contributed by atoms with van der Waals surface area (Å²) in [5.41, 5.74) is 9.03. The van der Waals surface area contributed by atoms with Crippen LogP contribution in [0.25, 0.3) is 0 Å².